The van der Waals surface area contributed by atoms with Gasteiger partial charge in [0, 0.05) is 5.56 Å². The molecule has 2 heterocycles. The largest absolute Gasteiger partial charge is 0.491 e. The van der Waals surface area contributed by atoms with Gasteiger partial charge >= 0.3 is 0 Å². The average molecular weight is 386 g/mol. The molecule has 0 fully saturated rings. The molecule has 0 atom stereocenters. The maximum Gasteiger partial charge on any atom is 0.180 e. The highest BCUT2D eigenvalue weighted by Crippen LogP contribution is 2.22. The number of benzene rings is 1. The van der Waals surface area contributed by atoms with Crippen molar-refractivity contribution in [3.63, 3.8) is 0 Å². The summed E-state index contributed by atoms with van der Waals surface area (Å²) in [5, 5.41) is 17.6. The fourth-order valence-electron chi connectivity index (χ4n) is 2.43. The zero-order valence-corrected chi connectivity index (χ0v) is 15.2. The lowest BCUT2D eigenvalue weighted by atomic mass is 10.1. The SMILES string of the molecule is OCCOCCOCCOc1ccc(-c2cnc3ccc(NO)nc3n2)cc1. The molecular formula is C19H22N4O5. The first-order valence-electron chi connectivity index (χ1n) is 8.83. The smallest absolute Gasteiger partial charge is 0.180 e. The predicted molar refractivity (Wildman–Crippen MR) is 102 cm³/mol. The zero-order valence-electron chi connectivity index (χ0n) is 15.2. The summed E-state index contributed by atoms with van der Waals surface area (Å²) in [5.74, 6) is 1.03. The average Bonchev–Trinajstić information content (AvgIpc) is 2.75. The lowest BCUT2D eigenvalue weighted by Crippen LogP contribution is -2.11. The number of aromatic nitrogens is 3. The Labute approximate surface area is 161 Å². The Bertz CT molecular complexity index is 876. The predicted octanol–water partition coefficient (Wildman–Crippen LogP) is 1.90. The molecule has 0 aliphatic heterocycles. The van der Waals surface area contributed by atoms with Crippen molar-refractivity contribution in [3.05, 3.63) is 42.6 Å². The van der Waals surface area contributed by atoms with Gasteiger partial charge in [0.05, 0.1) is 44.9 Å². The van der Waals surface area contributed by atoms with Gasteiger partial charge in [0.2, 0.25) is 0 Å². The topological polar surface area (TPSA) is 119 Å². The lowest BCUT2D eigenvalue weighted by molar-refractivity contribution is 0.0247. The van der Waals surface area contributed by atoms with Crippen molar-refractivity contribution in [1.82, 2.24) is 15.0 Å². The minimum Gasteiger partial charge on any atom is -0.491 e. The van der Waals surface area contributed by atoms with Crippen LogP contribution in [0.4, 0.5) is 5.82 Å². The van der Waals surface area contributed by atoms with Crippen LogP contribution in [-0.4, -0.2) is 64.9 Å². The normalized spacial score (nSPS) is 10.9. The third kappa shape index (κ3) is 5.57. The van der Waals surface area contributed by atoms with Crippen molar-refractivity contribution in [2.75, 3.05) is 45.1 Å². The highest BCUT2D eigenvalue weighted by molar-refractivity contribution is 5.75. The molecule has 0 bridgehead atoms. The highest BCUT2D eigenvalue weighted by atomic mass is 16.5. The standard InChI is InChI=1S/C19H22N4O5/c24-7-8-26-9-10-27-11-12-28-15-3-1-14(2-4-15)17-13-20-16-5-6-18(23-25)22-19(16)21-17/h1-6,13,24-25H,7-12H2,(H,21,22,23). The summed E-state index contributed by atoms with van der Waals surface area (Å²) in [6.45, 7) is 2.13. The van der Waals surface area contributed by atoms with Crippen LogP contribution in [0.5, 0.6) is 5.75 Å². The molecule has 0 aliphatic rings. The van der Waals surface area contributed by atoms with Crippen molar-refractivity contribution < 1.29 is 24.5 Å². The second-order valence-electron chi connectivity index (χ2n) is 5.73. The third-order valence-electron chi connectivity index (χ3n) is 3.78. The number of aliphatic hydroxyl groups is 1. The third-order valence-corrected chi connectivity index (χ3v) is 3.78. The van der Waals surface area contributed by atoms with Crippen LogP contribution in [0.3, 0.4) is 0 Å². The molecule has 0 amide bonds. The molecule has 0 saturated carbocycles. The molecular weight excluding hydrogens is 364 g/mol. The van der Waals surface area contributed by atoms with E-state index in [1.165, 1.54) is 0 Å². The van der Waals surface area contributed by atoms with Gasteiger partial charge in [0.15, 0.2) is 11.5 Å². The van der Waals surface area contributed by atoms with Crippen LogP contribution in [0, 0.1) is 0 Å². The first kappa shape index (κ1) is 19.9. The maximum absolute atomic E-state index is 8.97. The summed E-state index contributed by atoms with van der Waals surface area (Å²) < 4.78 is 16.1. The van der Waals surface area contributed by atoms with E-state index in [2.05, 4.69) is 15.0 Å². The molecule has 9 nitrogen and oxygen atoms in total. The number of hydrogen-bond acceptors (Lipinski definition) is 9. The van der Waals surface area contributed by atoms with Crippen molar-refractivity contribution in [2.24, 2.45) is 0 Å². The van der Waals surface area contributed by atoms with Gasteiger partial charge in [-0.3, -0.25) is 15.7 Å². The zero-order chi connectivity index (χ0) is 19.6. The quantitative estimate of drug-likeness (QED) is 0.335. The van der Waals surface area contributed by atoms with Crippen molar-refractivity contribution in [1.29, 1.82) is 0 Å². The molecule has 1 aromatic carbocycles. The monoisotopic (exact) mass is 386 g/mol. The lowest BCUT2D eigenvalue weighted by Gasteiger charge is -2.08. The Morgan fingerprint density at radius 1 is 0.857 bits per heavy atom. The van der Waals surface area contributed by atoms with Crippen LogP contribution in [0.2, 0.25) is 0 Å². The molecule has 0 unspecified atom stereocenters. The summed E-state index contributed by atoms with van der Waals surface area (Å²) in [7, 11) is 0. The summed E-state index contributed by atoms with van der Waals surface area (Å²) in [6, 6.07) is 10.8. The van der Waals surface area contributed by atoms with E-state index < -0.39 is 0 Å². The van der Waals surface area contributed by atoms with E-state index in [0.717, 1.165) is 11.3 Å². The van der Waals surface area contributed by atoms with Crippen LogP contribution in [-0.2, 0) is 9.47 Å². The number of rotatable bonds is 11. The molecule has 0 aliphatic carbocycles. The van der Waals surface area contributed by atoms with Crippen LogP contribution in [0.25, 0.3) is 22.4 Å². The first-order valence-corrected chi connectivity index (χ1v) is 8.83. The van der Waals surface area contributed by atoms with Crippen molar-refractivity contribution >= 4 is 17.0 Å². The summed E-state index contributed by atoms with van der Waals surface area (Å²) in [4.78, 5) is 13.0. The van der Waals surface area contributed by atoms with E-state index in [1.54, 1.807) is 18.3 Å². The van der Waals surface area contributed by atoms with Crippen LogP contribution < -0.4 is 10.2 Å². The minimum absolute atomic E-state index is 0.0152. The summed E-state index contributed by atoms with van der Waals surface area (Å²) in [6.07, 6.45) is 1.68. The van der Waals surface area contributed by atoms with E-state index in [-0.39, 0.29) is 6.61 Å². The number of nitrogens with zero attached hydrogens (tertiary/aromatic N) is 3. The van der Waals surface area contributed by atoms with Gasteiger partial charge in [0.1, 0.15) is 17.9 Å². The van der Waals surface area contributed by atoms with E-state index >= 15 is 0 Å². The number of fused-ring (bicyclic) bond motifs is 1. The molecule has 3 aromatic rings. The van der Waals surface area contributed by atoms with E-state index in [4.69, 9.17) is 24.5 Å². The second-order valence-corrected chi connectivity index (χ2v) is 5.73. The molecule has 9 heteroatoms. The fourth-order valence-corrected chi connectivity index (χ4v) is 2.43. The van der Waals surface area contributed by atoms with E-state index in [1.807, 2.05) is 29.7 Å². The van der Waals surface area contributed by atoms with Crippen molar-refractivity contribution in [3.8, 4) is 17.0 Å². The number of ether oxygens (including phenoxy) is 3. The summed E-state index contributed by atoms with van der Waals surface area (Å²) in [5.41, 5.74) is 4.64. The van der Waals surface area contributed by atoms with E-state index in [0.29, 0.717) is 55.7 Å². The molecule has 3 N–H and O–H groups in total. The molecule has 28 heavy (non-hydrogen) atoms. The number of aliphatic hydroxyl groups excluding tert-OH is 1. The molecule has 2 aromatic heterocycles. The second kappa shape index (κ2) is 10.5. The van der Waals surface area contributed by atoms with Crippen molar-refractivity contribution in [2.45, 2.75) is 0 Å². The number of nitrogens with one attached hydrogen (secondary N) is 1. The van der Waals surface area contributed by atoms with Gasteiger partial charge in [-0.25, -0.2) is 9.97 Å². The molecule has 3 rings (SSSR count). The molecule has 0 spiro atoms. The maximum atomic E-state index is 8.97. The van der Waals surface area contributed by atoms with Crippen LogP contribution in [0.1, 0.15) is 0 Å². The van der Waals surface area contributed by atoms with Gasteiger partial charge in [-0.15, -0.1) is 0 Å². The molecule has 0 saturated heterocycles. The van der Waals surface area contributed by atoms with Gasteiger partial charge in [0.25, 0.3) is 0 Å². The van der Waals surface area contributed by atoms with Gasteiger partial charge < -0.3 is 19.3 Å². The van der Waals surface area contributed by atoms with Gasteiger partial charge in [-0.1, -0.05) is 0 Å². The Balaban J connectivity index is 1.52. The number of anilines is 1. The Kier molecular flexibility index (Phi) is 7.44. The number of hydrogen-bond donors (Lipinski definition) is 3. The Morgan fingerprint density at radius 2 is 1.61 bits per heavy atom. The Hall–Kier alpha value is -2.85. The van der Waals surface area contributed by atoms with Gasteiger partial charge in [-0.05, 0) is 36.4 Å². The minimum atomic E-state index is 0.0152. The molecule has 0 radical (unpaired) electrons. The molecule has 148 valence electrons. The van der Waals surface area contributed by atoms with Crippen LogP contribution >= 0.6 is 0 Å². The fraction of sp³-hybridized carbons (Fsp3) is 0.316. The van der Waals surface area contributed by atoms with Gasteiger partial charge in [-0.2, -0.15) is 0 Å². The highest BCUT2D eigenvalue weighted by Gasteiger charge is 2.05. The summed E-state index contributed by atoms with van der Waals surface area (Å²) >= 11 is 0. The van der Waals surface area contributed by atoms with E-state index in [9.17, 15) is 0 Å². The Morgan fingerprint density at radius 3 is 2.36 bits per heavy atom. The number of pyridine rings is 1. The first-order chi connectivity index (χ1) is 13.8. The van der Waals surface area contributed by atoms with Crippen LogP contribution in [0.15, 0.2) is 42.6 Å².